The van der Waals surface area contributed by atoms with Gasteiger partial charge >= 0.3 is 0 Å². The van der Waals surface area contributed by atoms with Crippen molar-refractivity contribution in [3.63, 3.8) is 0 Å². The van der Waals surface area contributed by atoms with E-state index in [1.54, 1.807) is 0 Å². The van der Waals surface area contributed by atoms with Gasteiger partial charge in [0, 0.05) is 5.69 Å². The Morgan fingerprint density at radius 2 is 1.90 bits per heavy atom. The number of amides is 1. The van der Waals surface area contributed by atoms with Gasteiger partial charge in [0.25, 0.3) is 0 Å². The van der Waals surface area contributed by atoms with Crippen molar-refractivity contribution < 1.29 is 4.79 Å². The first-order valence-electron chi connectivity index (χ1n) is 7.71. The maximum absolute atomic E-state index is 12.4. The van der Waals surface area contributed by atoms with Gasteiger partial charge in [0.15, 0.2) is 0 Å². The molecule has 1 amide bonds. The monoisotopic (exact) mass is 273 g/mol. The summed E-state index contributed by atoms with van der Waals surface area (Å²) in [6, 6.07) is 6.45. The van der Waals surface area contributed by atoms with E-state index in [1.807, 2.05) is 0 Å². The van der Waals surface area contributed by atoms with Crippen molar-refractivity contribution in [2.24, 2.45) is 11.8 Å². The summed E-state index contributed by atoms with van der Waals surface area (Å²) in [5.41, 5.74) is 3.62. The Morgan fingerprint density at radius 3 is 2.40 bits per heavy atom. The minimum atomic E-state index is 0.0114. The van der Waals surface area contributed by atoms with Gasteiger partial charge in [-0.3, -0.25) is 4.79 Å². The Balaban J connectivity index is 2.47. The predicted molar refractivity (Wildman–Crippen MR) is 85.1 cm³/mol. The third-order valence-electron chi connectivity index (χ3n) is 4.55. The number of benzene rings is 1. The van der Waals surface area contributed by atoms with E-state index in [9.17, 15) is 4.79 Å². The van der Waals surface area contributed by atoms with Gasteiger partial charge in [-0.15, -0.1) is 0 Å². The summed E-state index contributed by atoms with van der Waals surface area (Å²) < 4.78 is 0. The first-order valence-corrected chi connectivity index (χ1v) is 7.71. The van der Waals surface area contributed by atoms with Gasteiger partial charge in [-0.2, -0.15) is 0 Å². The summed E-state index contributed by atoms with van der Waals surface area (Å²) in [7, 11) is 0. The van der Waals surface area contributed by atoms with E-state index in [2.05, 4.69) is 65.1 Å². The second-order valence-corrected chi connectivity index (χ2v) is 7.34. The molecule has 1 aliphatic rings. The van der Waals surface area contributed by atoms with Gasteiger partial charge in [0.2, 0.25) is 5.91 Å². The van der Waals surface area contributed by atoms with Crippen molar-refractivity contribution in [3.05, 3.63) is 29.3 Å². The van der Waals surface area contributed by atoms with Crippen molar-refractivity contribution in [3.8, 4) is 0 Å². The van der Waals surface area contributed by atoms with E-state index in [4.69, 9.17) is 0 Å². The molecule has 0 spiro atoms. The molecule has 0 aliphatic carbocycles. The fraction of sp³-hybridized carbons (Fsp3) is 0.611. The summed E-state index contributed by atoms with van der Waals surface area (Å²) in [5.74, 6) is 1.11. The number of fused-ring (bicyclic) bond motifs is 1. The highest BCUT2D eigenvalue weighted by molar-refractivity contribution is 6.03. The number of carbonyl (C=O) groups excluding carboxylic acids is 1. The largest absolute Gasteiger partial charge is 0.325 e. The molecule has 0 saturated carbocycles. The topological polar surface area (TPSA) is 29.1 Å². The number of rotatable bonds is 3. The van der Waals surface area contributed by atoms with Crippen LogP contribution in [0.1, 0.15) is 65.0 Å². The molecule has 1 heterocycles. The molecule has 0 radical (unpaired) electrons. The van der Waals surface area contributed by atoms with E-state index in [-0.39, 0.29) is 17.2 Å². The van der Waals surface area contributed by atoms with Crippen LogP contribution in [0.4, 0.5) is 5.69 Å². The first kappa shape index (κ1) is 15.1. The van der Waals surface area contributed by atoms with Crippen LogP contribution in [-0.2, 0) is 10.2 Å². The highest BCUT2D eigenvalue weighted by atomic mass is 16.2. The van der Waals surface area contributed by atoms with Gasteiger partial charge in [-0.1, -0.05) is 60.1 Å². The smallest absolute Gasteiger partial charge is 0.232 e. The second kappa shape index (κ2) is 5.23. The Bertz CT molecular complexity index is 511. The fourth-order valence-electron chi connectivity index (χ4n) is 3.27. The van der Waals surface area contributed by atoms with Crippen LogP contribution in [0.5, 0.6) is 0 Å². The lowest BCUT2D eigenvalue weighted by Gasteiger charge is -2.26. The third kappa shape index (κ3) is 2.61. The molecule has 2 atom stereocenters. The number of nitrogens with one attached hydrogen (secondary N) is 1. The summed E-state index contributed by atoms with van der Waals surface area (Å²) >= 11 is 0. The van der Waals surface area contributed by atoms with Crippen LogP contribution in [-0.4, -0.2) is 5.91 Å². The number of hydrogen-bond donors (Lipinski definition) is 1. The predicted octanol–water partition coefficient (Wildman–Crippen LogP) is 4.70. The molecule has 1 aliphatic heterocycles. The quantitative estimate of drug-likeness (QED) is 0.849. The molecule has 20 heavy (non-hydrogen) atoms. The zero-order valence-corrected chi connectivity index (χ0v) is 13.6. The Hall–Kier alpha value is -1.31. The van der Waals surface area contributed by atoms with E-state index in [1.165, 1.54) is 11.1 Å². The van der Waals surface area contributed by atoms with Crippen molar-refractivity contribution >= 4 is 11.6 Å². The van der Waals surface area contributed by atoms with Gasteiger partial charge in [-0.25, -0.2) is 0 Å². The molecule has 1 N–H and O–H groups in total. The Labute approximate surface area is 123 Å². The van der Waals surface area contributed by atoms with E-state index >= 15 is 0 Å². The first-order chi connectivity index (χ1) is 9.25. The molecule has 2 rings (SSSR count). The number of carbonyl (C=O) groups is 1. The van der Waals surface area contributed by atoms with Gasteiger partial charge in [0.1, 0.15) is 0 Å². The van der Waals surface area contributed by atoms with Crippen LogP contribution in [0.2, 0.25) is 0 Å². The molecule has 0 fully saturated rings. The van der Waals surface area contributed by atoms with Crippen molar-refractivity contribution in [2.45, 2.75) is 59.3 Å². The molecule has 0 aromatic heterocycles. The zero-order valence-electron chi connectivity index (χ0n) is 13.6. The summed E-state index contributed by atoms with van der Waals surface area (Å²) in [6.45, 7) is 13.3. The van der Waals surface area contributed by atoms with E-state index < -0.39 is 0 Å². The number of anilines is 1. The van der Waals surface area contributed by atoms with Crippen LogP contribution < -0.4 is 5.32 Å². The lowest BCUT2D eigenvalue weighted by molar-refractivity contribution is -0.118. The molecule has 1 aromatic carbocycles. The highest BCUT2D eigenvalue weighted by Crippen LogP contribution is 2.43. The average Bonchev–Trinajstić information content (AvgIpc) is 2.65. The molecule has 2 heteroatoms. The van der Waals surface area contributed by atoms with Crippen LogP contribution in [0.25, 0.3) is 0 Å². The minimum absolute atomic E-state index is 0.0114. The van der Waals surface area contributed by atoms with Gasteiger partial charge in [0.05, 0.1) is 5.92 Å². The lowest BCUT2D eigenvalue weighted by atomic mass is 9.76. The van der Waals surface area contributed by atoms with E-state index in [0.29, 0.717) is 11.8 Å². The lowest BCUT2D eigenvalue weighted by Crippen LogP contribution is -2.24. The molecule has 110 valence electrons. The molecule has 2 nitrogen and oxygen atoms in total. The summed E-state index contributed by atoms with van der Waals surface area (Å²) in [6.07, 6.45) is 1.04. The minimum Gasteiger partial charge on any atom is -0.325 e. The summed E-state index contributed by atoms with van der Waals surface area (Å²) in [5, 5.41) is 3.06. The molecule has 0 saturated heterocycles. The van der Waals surface area contributed by atoms with Crippen LogP contribution in [0.15, 0.2) is 18.2 Å². The zero-order chi connectivity index (χ0) is 15.1. The normalized spacial score (nSPS) is 19.9. The third-order valence-corrected chi connectivity index (χ3v) is 4.55. The summed E-state index contributed by atoms with van der Waals surface area (Å²) in [4.78, 5) is 12.4. The fourth-order valence-corrected chi connectivity index (χ4v) is 3.27. The molecule has 2 unspecified atom stereocenters. The van der Waals surface area contributed by atoms with E-state index in [0.717, 1.165) is 12.1 Å². The van der Waals surface area contributed by atoms with Gasteiger partial charge in [-0.05, 0) is 34.4 Å². The molecular weight excluding hydrogens is 246 g/mol. The standard InChI is InChI=1S/C18H27NO/c1-7-13(11(2)3)16-14-10-12(18(4,5)6)8-9-15(14)19-17(16)20/h8-11,13,16H,7H2,1-6H3,(H,19,20). The van der Waals surface area contributed by atoms with Crippen molar-refractivity contribution in [2.75, 3.05) is 5.32 Å². The SMILES string of the molecule is CCC(C(C)C)C1C(=O)Nc2ccc(C(C)(C)C)cc21. The maximum atomic E-state index is 12.4. The van der Waals surface area contributed by atoms with Gasteiger partial charge < -0.3 is 5.32 Å². The average molecular weight is 273 g/mol. The molecule has 0 bridgehead atoms. The Morgan fingerprint density at radius 1 is 1.25 bits per heavy atom. The number of hydrogen-bond acceptors (Lipinski definition) is 1. The van der Waals surface area contributed by atoms with Crippen molar-refractivity contribution in [1.29, 1.82) is 0 Å². The van der Waals surface area contributed by atoms with Crippen molar-refractivity contribution in [1.82, 2.24) is 0 Å². The van der Waals surface area contributed by atoms with Crippen LogP contribution in [0, 0.1) is 11.8 Å². The van der Waals surface area contributed by atoms with Crippen LogP contribution in [0.3, 0.4) is 0 Å². The Kier molecular flexibility index (Phi) is 3.95. The maximum Gasteiger partial charge on any atom is 0.232 e. The second-order valence-electron chi connectivity index (χ2n) is 7.34. The highest BCUT2D eigenvalue weighted by Gasteiger charge is 2.37. The molecular formula is C18H27NO. The molecule has 1 aromatic rings. The van der Waals surface area contributed by atoms with Crippen LogP contribution >= 0.6 is 0 Å².